The number of amides is 2. The Morgan fingerprint density at radius 3 is 2.67 bits per heavy atom. The number of allylic oxidation sites excluding steroid dienone is 1. The van der Waals surface area contributed by atoms with Crippen molar-refractivity contribution in [2.75, 3.05) is 5.32 Å². The molecule has 0 aromatic heterocycles. The van der Waals surface area contributed by atoms with E-state index in [0.717, 1.165) is 6.42 Å². The van der Waals surface area contributed by atoms with Crippen molar-refractivity contribution in [2.45, 2.75) is 13.3 Å². The van der Waals surface area contributed by atoms with Gasteiger partial charge in [-0.25, -0.2) is 9.18 Å². The molecule has 4 heteroatoms. The molecule has 1 rings (SSSR count). The number of carbonyl (C=O) groups excluding carboxylic acids is 1. The van der Waals surface area contributed by atoms with Crippen LogP contribution in [0.2, 0.25) is 0 Å². The van der Waals surface area contributed by atoms with Gasteiger partial charge in [0.15, 0.2) is 0 Å². The van der Waals surface area contributed by atoms with Gasteiger partial charge in [-0.2, -0.15) is 0 Å². The van der Waals surface area contributed by atoms with Gasteiger partial charge in [-0.3, -0.25) is 0 Å². The minimum absolute atomic E-state index is 0.327. The van der Waals surface area contributed by atoms with Crippen LogP contribution < -0.4 is 10.6 Å². The fraction of sp³-hybridized carbons (Fsp3) is 0.182. The highest BCUT2D eigenvalue weighted by molar-refractivity contribution is 5.89. The van der Waals surface area contributed by atoms with Crippen molar-refractivity contribution in [3.05, 3.63) is 42.4 Å². The molecule has 0 heterocycles. The Bertz CT molecular complexity index is 346. The molecular formula is C11H13FN2O. The third kappa shape index (κ3) is 4.26. The second kappa shape index (κ2) is 5.80. The van der Waals surface area contributed by atoms with E-state index < -0.39 is 0 Å². The summed E-state index contributed by atoms with van der Waals surface area (Å²) in [5.74, 6) is -0.327. The van der Waals surface area contributed by atoms with Gasteiger partial charge < -0.3 is 10.6 Å². The maximum atomic E-state index is 12.5. The van der Waals surface area contributed by atoms with Crippen molar-refractivity contribution in [3.63, 3.8) is 0 Å². The molecule has 0 bridgehead atoms. The first-order valence-electron chi connectivity index (χ1n) is 4.70. The predicted molar refractivity (Wildman–Crippen MR) is 58.0 cm³/mol. The van der Waals surface area contributed by atoms with Crippen LogP contribution in [0.4, 0.5) is 14.9 Å². The van der Waals surface area contributed by atoms with Crippen LogP contribution in [0.5, 0.6) is 0 Å². The van der Waals surface area contributed by atoms with Crippen LogP contribution >= 0.6 is 0 Å². The number of nitrogens with one attached hydrogen (secondary N) is 2. The van der Waals surface area contributed by atoms with Crippen LogP contribution in [0.25, 0.3) is 0 Å². The molecular weight excluding hydrogens is 195 g/mol. The van der Waals surface area contributed by atoms with Gasteiger partial charge >= 0.3 is 6.03 Å². The first-order chi connectivity index (χ1) is 7.22. The number of halogens is 1. The van der Waals surface area contributed by atoms with Crippen molar-refractivity contribution in [1.29, 1.82) is 0 Å². The van der Waals surface area contributed by atoms with Crippen LogP contribution in [0.15, 0.2) is 36.5 Å². The molecule has 0 radical (unpaired) electrons. The highest BCUT2D eigenvalue weighted by atomic mass is 19.1. The van der Waals surface area contributed by atoms with Crippen LogP contribution in [-0.2, 0) is 0 Å². The molecule has 2 N–H and O–H groups in total. The maximum absolute atomic E-state index is 12.5. The molecule has 80 valence electrons. The van der Waals surface area contributed by atoms with Crippen molar-refractivity contribution in [1.82, 2.24) is 5.32 Å². The number of hydrogen-bond donors (Lipinski definition) is 2. The Kier molecular flexibility index (Phi) is 4.34. The lowest BCUT2D eigenvalue weighted by atomic mass is 10.3. The fourth-order valence-electron chi connectivity index (χ4n) is 0.953. The Hall–Kier alpha value is -1.84. The molecule has 0 atom stereocenters. The molecule has 0 saturated carbocycles. The quantitative estimate of drug-likeness (QED) is 0.787. The Morgan fingerprint density at radius 2 is 2.07 bits per heavy atom. The summed E-state index contributed by atoms with van der Waals surface area (Å²) < 4.78 is 12.5. The Morgan fingerprint density at radius 1 is 1.40 bits per heavy atom. The zero-order chi connectivity index (χ0) is 11.1. The molecule has 0 aliphatic carbocycles. The average Bonchev–Trinajstić information content (AvgIpc) is 2.22. The Balaban J connectivity index is 2.44. The average molecular weight is 208 g/mol. The zero-order valence-electron chi connectivity index (χ0n) is 8.46. The van der Waals surface area contributed by atoms with E-state index in [4.69, 9.17) is 0 Å². The van der Waals surface area contributed by atoms with Crippen LogP contribution in [0, 0.1) is 5.82 Å². The lowest BCUT2D eigenvalue weighted by Gasteiger charge is -2.03. The SMILES string of the molecule is CC/C=C/NC(=O)Nc1ccc(F)cc1. The molecule has 0 spiro atoms. The largest absolute Gasteiger partial charge is 0.323 e. The molecule has 1 aromatic rings. The summed E-state index contributed by atoms with van der Waals surface area (Å²) in [4.78, 5) is 11.2. The summed E-state index contributed by atoms with van der Waals surface area (Å²) in [7, 11) is 0. The van der Waals surface area contributed by atoms with Gasteiger partial charge in [0, 0.05) is 11.9 Å². The second-order valence-corrected chi connectivity index (χ2v) is 2.92. The van der Waals surface area contributed by atoms with Gasteiger partial charge in [0.2, 0.25) is 0 Å². The van der Waals surface area contributed by atoms with E-state index in [1.165, 1.54) is 24.3 Å². The zero-order valence-corrected chi connectivity index (χ0v) is 8.46. The van der Waals surface area contributed by atoms with Gasteiger partial charge in [0.25, 0.3) is 0 Å². The smallest absolute Gasteiger partial charge is 0.315 e. The van der Waals surface area contributed by atoms with E-state index in [9.17, 15) is 9.18 Å². The topological polar surface area (TPSA) is 41.1 Å². The van der Waals surface area contributed by atoms with Gasteiger partial charge in [-0.15, -0.1) is 0 Å². The molecule has 2 amide bonds. The van der Waals surface area contributed by atoms with E-state index in [0.29, 0.717) is 5.69 Å². The molecule has 1 aromatic carbocycles. The summed E-state index contributed by atoms with van der Waals surface area (Å²) in [6, 6.07) is 5.23. The standard InChI is InChI=1S/C11H13FN2O/c1-2-3-8-13-11(15)14-10-6-4-9(12)5-7-10/h3-8H,2H2,1H3,(H2,13,14,15)/b8-3+. The summed E-state index contributed by atoms with van der Waals surface area (Å²) >= 11 is 0. The van der Waals surface area contributed by atoms with E-state index in [1.807, 2.05) is 13.0 Å². The molecule has 15 heavy (non-hydrogen) atoms. The van der Waals surface area contributed by atoms with Crippen molar-refractivity contribution in [3.8, 4) is 0 Å². The monoisotopic (exact) mass is 208 g/mol. The lowest BCUT2D eigenvalue weighted by Crippen LogP contribution is -2.23. The van der Waals surface area contributed by atoms with Crippen LogP contribution in [0.3, 0.4) is 0 Å². The van der Waals surface area contributed by atoms with E-state index >= 15 is 0 Å². The van der Waals surface area contributed by atoms with Crippen molar-refractivity contribution >= 4 is 11.7 Å². The molecule has 0 aliphatic rings. The highest BCUT2D eigenvalue weighted by Gasteiger charge is 1.98. The van der Waals surface area contributed by atoms with E-state index in [-0.39, 0.29) is 11.8 Å². The first kappa shape index (κ1) is 11.2. The molecule has 3 nitrogen and oxygen atoms in total. The number of carbonyl (C=O) groups is 1. The molecule has 0 aliphatic heterocycles. The minimum Gasteiger partial charge on any atom is -0.315 e. The summed E-state index contributed by atoms with van der Waals surface area (Å²) in [5.41, 5.74) is 0.554. The number of hydrogen-bond acceptors (Lipinski definition) is 1. The number of benzene rings is 1. The summed E-state index contributed by atoms with van der Waals surface area (Å²) in [5, 5.41) is 5.08. The number of urea groups is 1. The van der Waals surface area contributed by atoms with Gasteiger partial charge in [-0.05, 0) is 30.7 Å². The highest BCUT2D eigenvalue weighted by Crippen LogP contribution is 2.07. The third-order valence-electron chi connectivity index (χ3n) is 1.67. The summed E-state index contributed by atoms with van der Waals surface area (Å²) in [6.07, 6.45) is 4.25. The second-order valence-electron chi connectivity index (χ2n) is 2.92. The molecule has 0 unspecified atom stereocenters. The first-order valence-corrected chi connectivity index (χ1v) is 4.70. The predicted octanol–water partition coefficient (Wildman–Crippen LogP) is 2.87. The van der Waals surface area contributed by atoms with Gasteiger partial charge in [0.1, 0.15) is 5.82 Å². The normalized spacial score (nSPS) is 10.3. The summed E-state index contributed by atoms with van der Waals surface area (Å²) in [6.45, 7) is 1.97. The van der Waals surface area contributed by atoms with Crippen LogP contribution in [0.1, 0.15) is 13.3 Å². The number of rotatable bonds is 3. The van der Waals surface area contributed by atoms with Crippen molar-refractivity contribution < 1.29 is 9.18 Å². The maximum Gasteiger partial charge on any atom is 0.323 e. The van der Waals surface area contributed by atoms with E-state index in [1.54, 1.807) is 6.20 Å². The van der Waals surface area contributed by atoms with Gasteiger partial charge in [0.05, 0.1) is 0 Å². The third-order valence-corrected chi connectivity index (χ3v) is 1.67. The molecule has 0 saturated heterocycles. The fourth-order valence-corrected chi connectivity index (χ4v) is 0.953. The Labute approximate surface area is 88.0 Å². The van der Waals surface area contributed by atoms with Crippen molar-refractivity contribution in [2.24, 2.45) is 0 Å². The van der Waals surface area contributed by atoms with E-state index in [2.05, 4.69) is 10.6 Å². The lowest BCUT2D eigenvalue weighted by molar-refractivity contribution is 0.255. The molecule has 0 fully saturated rings. The van der Waals surface area contributed by atoms with Gasteiger partial charge in [-0.1, -0.05) is 13.0 Å². The minimum atomic E-state index is -0.341. The number of anilines is 1. The van der Waals surface area contributed by atoms with Crippen LogP contribution in [-0.4, -0.2) is 6.03 Å².